The maximum atomic E-state index is 11.1. The van der Waals surface area contributed by atoms with Crippen LogP contribution in [0.15, 0.2) is 29.6 Å². The number of aromatic carboxylic acids is 1. The SMILES string of the molecule is Cc1ccc(C(C)C)cc1OCc1ccsc1C(=O)O. The van der Waals surface area contributed by atoms with Crippen LogP contribution in [-0.2, 0) is 6.61 Å². The van der Waals surface area contributed by atoms with Crippen molar-refractivity contribution in [3.05, 3.63) is 51.2 Å². The van der Waals surface area contributed by atoms with E-state index >= 15 is 0 Å². The lowest BCUT2D eigenvalue weighted by atomic mass is 10.0. The smallest absolute Gasteiger partial charge is 0.346 e. The van der Waals surface area contributed by atoms with Crippen molar-refractivity contribution in [3.63, 3.8) is 0 Å². The van der Waals surface area contributed by atoms with Gasteiger partial charge in [-0.05, 0) is 41.5 Å². The number of carboxylic acid groups (broad SMARTS) is 1. The zero-order chi connectivity index (χ0) is 14.7. The van der Waals surface area contributed by atoms with Gasteiger partial charge in [0.1, 0.15) is 17.2 Å². The highest BCUT2D eigenvalue weighted by Crippen LogP contribution is 2.26. The molecule has 0 aliphatic carbocycles. The summed E-state index contributed by atoms with van der Waals surface area (Å²) in [4.78, 5) is 11.4. The predicted octanol–water partition coefficient (Wildman–Crippen LogP) is 4.46. The van der Waals surface area contributed by atoms with Crippen LogP contribution in [0.1, 0.15) is 46.1 Å². The number of rotatable bonds is 5. The predicted molar refractivity (Wildman–Crippen MR) is 80.9 cm³/mol. The van der Waals surface area contributed by atoms with E-state index in [-0.39, 0.29) is 6.61 Å². The molecule has 0 aliphatic rings. The summed E-state index contributed by atoms with van der Waals surface area (Å²) in [7, 11) is 0. The summed E-state index contributed by atoms with van der Waals surface area (Å²) in [6, 6.07) is 7.97. The average Bonchev–Trinajstić information content (AvgIpc) is 2.86. The van der Waals surface area contributed by atoms with Crippen LogP contribution >= 0.6 is 11.3 Å². The van der Waals surface area contributed by atoms with Crippen molar-refractivity contribution >= 4 is 17.3 Å². The van der Waals surface area contributed by atoms with Crippen LogP contribution in [0.25, 0.3) is 0 Å². The number of aryl methyl sites for hydroxylation is 1. The van der Waals surface area contributed by atoms with Crippen molar-refractivity contribution in [1.82, 2.24) is 0 Å². The number of ether oxygens (including phenoxy) is 1. The summed E-state index contributed by atoms with van der Waals surface area (Å²) in [6.45, 7) is 6.55. The van der Waals surface area contributed by atoms with Gasteiger partial charge in [-0.25, -0.2) is 4.79 Å². The largest absolute Gasteiger partial charge is 0.489 e. The van der Waals surface area contributed by atoms with E-state index in [9.17, 15) is 4.79 Å². The molecular weight excluding hydrogens is 272 g/mol. The highest BCUT2D eigenvalue weighted by Gasteiger charge is 2.12. The van der Waals surface area contributed by atoms with E-state index in [1.165, 1.54) is 16.9 Å². The van der Waals surface area contributed by atoms with Gasteiger partial charge in [-0.3, -0.25) is 0 Å². The van der Waals surface area contributed by atoms with Crippen molar-refractivity contribution in [2.24, 2.45) is 0 Å². The first-order chi connectivity index (χ1) is 9.49. The lowest BCUT2D eigenvalue weighted by Gasteiger charge is -2.12. The molecule has 20 heavy (non-hydrogen) atoms. The Morgan fingerprint density at radius 1 is 1.35 bits per heavy atom. The molecule has 1 heterocycles. The van der Waals surface area contributed by atoms with E-state index in [4.69, 9.17) is 9.84 Å². The number of hydrogen-bond acceptors (Lipinski definition) is 3. The standard InChI is InChI=1S/C16H18O3S/c1-10(2)12-5-4-11(3)14(8-12)19-9-13-6-7-20-15(13)16(17)18/h4-8,10H,9H2,1-3H3,(H,17,18). The summed E-state index contributed by atoms with van der Waals surface area (Å²) >= 11 is 1.23. The number of carboxylic acids is 1. The van der Waals surface area contributed by atoms with Gasteiger partial charge in [0.05, 0.1) is 0 Å². The van der Waals surface area contributed by atoms with Gasteiger partial charge in [-0.1, -0.05) is 26.0 Å². The first-order valence-corrected chi connectivity index (χ1v) is 7.40. The fourth-order valence-electron chi connectivity index (χ4n) is 1.92. The van der Waals surface area contributed by atoms with Crippen molar-refractivity contribution < 1.29 is 14.6 Å². The van der Waals surface area contributed by atoms with Gasteiger partial charge in [0, 0.05) is 5.56 Å². The minimum atomic E-state index is -0.897. The molecule has 0 saturated heterocycles. The van der Waals surface area contributed by atoms with E-state index in [1.807, 2.05) is 19.1 Å². The molecule has 0 bridgehead atoms. The minimum Gasteiger partial charge on any atom is -0.489 e. The Labute approximate surface area is 122 Å². The van der Waals surface area contributed by atoms with E-state index in [1.54, 1.807) is 11.4 Å². The lowest BCUT2D eigenvalue weighted by molar-refractivity contribution is 0.0699. The van der Waals surface area contributed by atoms with E-state index in [0.717, 1.165) is 16.9 Å². The molecule has 0 radical (unpaired) electrons. The molecule has 0 atom stereocenters. The monoisotopic (exact) mass is 290 g/mol. The molecule has 2 aromatic rings. The van der Waals surface area contributed by atoms with Crippen molar-refractivity contribution in [3.8, 4) is 5.75 Å². The maximum absolute atomic E-state index is 11.1. The van der Waals surface area contributed by atoms with Crippen molar-refractivity contribution in [2.45, 2.75) is 33.3 Å². The normalized spacial score (nSPS) is 10.8. The Hall–Kier alpha value is -1.81. The van der Waals surface area contributed by atoms with Gasteiger partial charge in [0.15, 0.2) is 0 Å². The molecule has 0 unspecified atom stereocenters. The third kappa shape index (κ3) is 3.20. The molecular formula is C16H18O3S. The summed E-state index contributed by atoms with van der Waals surface area (Å²) in [6.07, 6.45) is 0. The summed E-state index contributed by atoms with van der Waals surface area (Å²) in [5, 5.41) is 10.9. The molecule has 0 spiro atoms. The fraction of sp³-hybridized carbons (Fsp3) is 0.312. The van der Waals surface area contributed by atoms with Crippen molar-refractivity contribution in [2.75, 3.05) is 0 Å². The van der Waals surface area contributed by atoms with Gasteiger partial charge >= 0.3 is 5.97 Å². The zero-order valence-electron chi connectivity index (χ0n) is 11.8. The van der Waals surface area contributed by atoms with Gasteiger partial charge < -0.3 is 9.84 Å². The Morgan fingerprint density at radius 3 is 2.75 bits per heavy atom. The highest BCUT2D eigenvalue weighted by atomic mass is 32.1. The van der Waals surface area contributed by atoms with Crippen LogP contribution in [0.3, 0.4) is 0 Å². The van der Waals surface area contributed by atoms with Gasteiger partial charge in [-0.2, -0.15) is 0 Å². The molecule has 4 heteroatoms. The summed E-state index contributed by atoms with van der Waals surface area (Å²) in [5.41, 5.74) is 2.99. The Kier molecular flexibility index (Phi) is 4.45. The van der Waals surface area contributed by atoms with Gasteiger partial charge in [0.25, 0.3) is 0 Å². The highest BCUT2D eigenvalue weighted by molar-refractivity contribution is 7.12. The van der Waals surface area contributed by atoms with Crippen LogP contribution < -0.4 is 4.74 Å². The molecule has 1 N–H and O–H groups in total. The van der Waals surface area contributed by atoms with E-state index < -0.39 is 5.97 Å². The van der Waals surface area contributed by atoms with E-state index in [0.29, 0.717) is 10.8 Å². The van der Waals surface area contributed by atoms with Crippen LogP contribution in [0.2, 0.25) is 0 Å². The average molecular weight is 290 g/mol. The number of carbonyl (C=O) groups is 1. The molecule has 2 rings (SSSR count). The Bertz CT molecular complexity index is 614. The molecule has 0 fully saturated rings. The Balaban J connectivity index is 2.16. The summed E-state index contributed by atoms with van der Waals surface area (Å²) in [5.74, 6) is 0.360. The van der Waals surface area contributed by atoms with Crippen LogP contribution in [0, 0.1) is 6.92 Å². The molecule has 0 saturated carbocycles. The molecule has 106 valence electrons. The molecule has 1 aromatic carbocycles. The number of benzene rings is 1. The topological polar surface area (TPSA) is 46.5 Å². The van der Waals surface area contributed by atoms with Crippen LogP contribution in [0.5, 0.6) is 5.75 Å². The minimum absolute atomic E-state index is 0.285. The first-order valence-electron chi connectivity index (χ1n) is 6.52. The second-order valence-electron chi connectivity index (χ2n) is 5.05. The number of hydrogen-bond donors (Lipinski definition) is 1. The molecule has 3 nitrogen and oxygen atoms in total. The third-order valence-electron chi connectivity index (χ3n) is 3.20. The molecule has 0 amide bonds. The zero-order valence-corrected chi connectivity index (χ0v) is 12.7. The molecule has 1 aromatic heterocycles. The fourth-order valence-corrected chi connectivity index (χ4v) is 2.67. The number of thiophene rings is 1. The Morgan fingerprint density at radius 2 is 2.10 bits per heavy atom. The molecule has 0 aliphatic heterocycles. The first kappa shape index (κ1) is 14.6. The van der Waals surface area contributed by atoms with Crippen LogP contribution in [0.4, 0.5) is 0 Å². The summed E-state index contributed by atoms with van der Waals surface area (Å²) < 4.78 is 5.81. The quantitative estimate of drug-likeness (QED) is 0.884. The van der Waals surface area contributed by atoms with E-state index in [2.05, 4.69) is 19.9 Å². The maximum Gasteiger partial charge on any atom is 0.346 e. The lowest BCUT2D eigenvalue weighted by Crippen LogP contribution is -2.03. The van der Waals surface area contributed by atoms with Gasteiger partial charge in [-0.15, -0.1) is 11.3 Å². The van der Waals surface area contributed by atoms with Crippen LogP contribution in [-0.4, -0.2) is 11.1 Å². The van der Waals surface area contributed by atoms with Gasteiger partial charge in [0.2, 0.25) is 0 Å². The second-order valence-corrected chi connectivity index (χ2v) is 5.96. The second kappa shape index (κ2) is 6.09. The van der Waals surface area contributed by atoms with Crippen molar-refractivity contribution in [1.29, 1.82) is 0 Å². The third-order valence-corrected chi connectivity index (χ3v) is 4.15.